The van der Waals surface area contributed by atoms with E-state index >= 15 is 0 Å². The van der Waals surface area contributed by atoms with Crippen molar-refractivity contribution >= 4 is 10.0 Å². The van der Waals surface area contributed by atoms with Gasteiger partial charge in [0.2, 0.25) is 10.0 Å². The zero-order chi connectivity index (χ0) is 9.47. The highest BCUT2D eigenvalue weighted by Crippen LogP contribution is 2.35. The molecule has 13 heavy (non-hydrogen) atoms. The lowest BCUT2D eigenvalue weighted by atomic mass is 10.2. The van der Waals surface area contributed by atoms with Gasteiger partial charge in [0, 0.05) is 5.56 Å². The van der Waals surface area contributed by atoms with Crippen LogP contribution in [0.25, 0.3) is 0 Å². The van der Waals surface area contributed by atoms with Crippen molar-refractivity contribution < 1.29 is 13.2 Å². The van der Waals surface area contributed by atoms with Crippen LogP contribution in [0.15, 0.2) is 24.3 Å². The van der Waals surface area contributed by atoms with Gasteiger partial charge in [0.15, 0.2) is 0 Å². The van der Waals surface area contributed by atoms with Gasteiger partial charge >= 0.3 is 0 Å². The zero-order valence-corrected chi connectivity index (χ0v) is 7.62. The van der Waals surface area contributed by atoms with Gasteiger partial charge in [0.1, 0.15) is 17.6 Å². The number of para-hydroxylation sites is 1. The van der Waals surface area contributed by atoms with Crippen LogP contribution in [-0.4, -0.2) is 15.0 Å². The Bertz CT molecular complexity index is 427. The Kier molecular flexibility index (Phi) is 1.78. The van der Waals surface area contributed by atoms with Crippen molar-refractivity contribution in [1.82, 2.24) is 0 Å². The highest BCUT2D eigenvalue weighted by molar-refractivity contribution is 7.89. The number of hydrogen-bond acceptors (Lipinski definition) is 3. The molecule has 0 amide bonds. The van der Waals surface area contributed by atoms with Crippen LogP contribution in [0.2, 0.25) is 0 Å². The first-order chi connectivity index (χ1) is 6.09. The molecule has 2 rings (SSSR count). The standard InChI is InChI=1S/C8H9NO3S/c9-13(10,11)8-5-12-7-4-2-1-3-6(7)8/h1-4,8H,5H2,(H2,9,10,11). The third-order valence-electron chi connectivity index (χ3n) is 2.05. The summed E-state index contributed by atoms with van der Waals surface area (Å²) >= 11 is 0. The average Bonchev–Trinajstić information content (AvgIpc) is 2.45. The van der Waals surface area contributed by atoms with Gasteiger partial charge in [-0.15, -0.1) is 0 Å². The molecule has 5 heteroatoms. The molecule has 1 aromatic carbocycles. The number of rotatable bonds is 1. The van der Waals surface area contributed by atoms with Crippen LogP contribution in [0.3, 0.4) is 0 Å². The lowest BCUT2D eigenvalue weighted by Gasteiger charge is -2.04. The van der Waals surface area contributed by atoms with Gasteiger partial charge in [0.25, 0.3) is 0 Å². The number of primary sulfonamides is 1. The molecule has 1 heterocycles. The van der Waals surface area contributed by atoms with Gasteiger partial charge in [-0.05, 0) is 6.07 Å². The van der Waals surface area contributed by atoms with E-state index in [-0.39, 0.29) is 6.61 Å². The molecule has 0 spiro atoms. The molecule has 1 aromatic rings. The average molecular weight is 199 g/mol. The van der Waals surface area contributed by atoms with E-state index in [1.54, 1.807) is 24.3 Å². The third kappa shape index (κ3) is 1.40. The van der Waals surface area contributed by atoms with Crippen LogP contribution in [0.5, 0.6) is 5.75 Å². The second kappa shape index (κ2) is 2.71. The molecule has 70 valence electrons. The summed E-state index contributed by atoms with van der Waals surface area (Å²) in [4.78, 5) is 0. The van der Waals surface area contributed by atoms with Crippen LogP contribution >= 0.6 is 0 Å². The summed E-state index contributed by atoms with van der Waals surface area (Å²) in [6.45, 7) is 0.123. The van der Waals surface area contributed by atoms with Crippen LogP contribution in [-0.2, 0) is 10.0 Å². The Balaban J connectivity index is 2.51. The topological polar surface area (TPSA) is 69.4 Å². The quantitative estimate of drug-likeness (QED) is 0.712. The number of sulfonamides is 1. The second-order valence-corrected chi connectivity index (χ2v) is 4.67. The molecule has 1 aliphatic rings. The molecule has 1 unspecified atom stereocenters. The minimum atomic E-state index is -3.54. The Morgan fingerprint density at radius 2 is 2.08 bits per heavy atom. The first-order valence-electron chi connectivity index (χ1n) is 3.82. The molecular formula is C8H9NO3S. The van der Waals surface area contributed by atoms with E-state index in [0.29, 0.717) is 11.3 Å². The smallest absolute Gasteiger partial charge is 0.219 e. The first-order valence-corrected chi connectivity index (χ1v) is 5.43. The van der Waals surface area contributed by atoms with E-state index in [2.05, 4.69) is 0 Å². The zero-order valence-electron chi connectivity index (χ0n) is 6.80. The summed E-state index contributed by atoms with van der Waals surface area (Å²) < 4.78 is 27.4. The second-order valence-electron chi connectivity index (χ2n) is 2.93. The number of ether oxygens (including phenoxy) is 1. The van der Waals surface area contributed by atoms with Gasteiger partial charge in [-0.1, -0.05) is 18.2 Å². The largest absolute Gasteiger partial charge is 0.491 e. The van der Waals surface area contributed by atoms with Crippen molar-refractivity contribution in [2.75, 3.05) is 6.61 Å². The molecule has 0 fully saturated rings. The summed E-state index contributed by atoms with van der Waals surface area (Å²) in [6, 6.07) is 7.02. The fourth-order valence-electron chi connectivity index (χ4n) is 1.41. The molecule has 0 radical (unpaired) electrons. The maximum atomic E-state index is 11.1. The molecule has 0 saturated carbocycles. The van der Waals surface area contributed by atoms with E-state index < -0.39 is 15.3 Å². The van der Waals surface area contributed by atoms with Gasteiger partial charge in [0.05, 0.1) is 0 Å². The van der Waals surface area contributed by atoms with Crippen molar-refractivity contribution in [1.29, 1.82) is 0 Å². The normalized spacial score (nSPS) is 20.8. The van der Waals surface area contributed by atoms with E-state index in [4.69, 9.17) is 9.88 Å². The summed E-state index contributed by atoms with van der Waals surface area (Å²) in [7, 11) is -3.54. The fourth-order valence-corrected chi connectivity index (χ4v) is 2.21. The van der Waals surface area contributed by atoms with Crippen LogP contribution in [0.1, 0.15) is 10.8 Å². The number of fused-ring (bicyclic) bond motifs is 1. The van der Waals surface area contributed by atoms with E-state index in [1.165, 1.54) is 0 Å². The molecular weight excluding hydrogens is 190 g/mol. The maximum Gasteiger partial charge on any atom is 0.219 e. The van der Waals surface area contributed by atoms with Crippen molar-refractivity contribution in [3.8, 4) is 5.75 Å². The molecule has 2 N–H and O–H groups in total. The highest BCUT2D eigenvalue weighted by Gasteiger charge is 2.32. The predicted octanol–water partition coefficient (Wildman–Crippen LogP) is 0.409. The Labute approximate surface area is 76.4 Å². The predicted molar refractivity (Wildman–Crippen MR) is 47.8 cm³/mol. The van der Waals surface area contributed by atoms with Gasteiger partial charge in [-0.3, -0.25) is 0 Å². The van der Waals surface area contributed by atoms with Crippen molar-refractivity contribution in [3.05, 3.63) is 29.8 Å². The molecule has 1 atom stereocenters. The van der Waals surface area contributed by atoms with Crippen LogP contribution in [0.4, 0.5) is 0 Å². The minimum Gasteiger partial charge on any atom is -0.491 e. The molecule has 1 aliphatic heterocycles. The van der Waals surface area contributed by atoms with Gasteiger partial charge in [-0.2, -0.15) is 0 Å². The lowest BCUT2D eigenvalue weighted by molar-refractivity contribution is 0.350. The Morgan fingerprint density at radius 3 is 2.77 bits per heavy atom. The van der Waals surface area contributed by atoms with Crippen LogP contribution in [0, 0.1) is 0 Å². The highest BCUT2D eigenvalue weighted by atomic mass is 32.2. The molecule has 0 aliphatic carbocycles. The summed E-state index contributed by atoms with van der Waals surface area (Å²) in [5.41, 5.74) is 0.657. The lowest BCUT2D eigenvalue weighted by Crippen LogP contribution is -2.22. The minimum absolute atomic E-state index is 0.123. The maximum absolute atomic E-state index is 11.1. The first kappa shape index (κ1) is 8.52. The van der Waals surface area contributed by atoms with Crippen LogP contribution < -0.4 is 9.88 Å². The Morgan fingerprint density at radius 1 is 1.38 bits per heavy atom. The van der Waals surface area contributed by atoms with E-state index in [1.807, 2.05) is 0 Å². The number of hydrogen-bond donors (Lipinski definition) is 1. The molecule has 4 nitrogen and oxygen atoms in total. The summed E-state index contributed by atoms with van der Waals surface area (Å²) in [6.07, 6.45) is 0. The van der Waals surface area contributed by atoms with Gasteiger partial charge < -0.3 is 4.74 Å². The van der Waals surface area contributed by atoms with Crippen molar-refractivity contribution in [3.63, 3.8) is 0 Å². The van der Waals surface area contributed by atoms with Gasteiger partial charge in [-0.25, -0.2) is 13.6 Å². The van der Waals surface area contributed by atoms with Crippen molar-refractivity contribution in [2.45, 2.75) is 5.25 Å². The van der Waals surface area contributed by atoms with Crippen molar-refractivity contribution in [2.24, 2.45) is 5.14 Å². The van der Waals surface area contributed by atoms with E-state index in [0.717, 1.165) is 0 Å². The summed E-state index contributed by atoms with van der Waals surface area (Å²) in [5.74, 6) is 0.613. The fraction of sp³-hybridized carbons (Fsp3) is 0.250. The molecule has 0 saturated heterocycles. The number of benzene rings is 1. The SMILES string of the molecule is NS(=O)(=O)C1COc2ccccc21. The molecule has 0 bridgehead atoms. The summed E-state index contributed by atoms with van der Waals surface area (Å²) in [5, 5.41) is 4.34. The number of nitrogens with two attached hydrogens (primary N) is 1. The monoisotopic (exact) mass is 199 g/mol. The Hall–Kier alpha value is -1.07. The third-order valence-corrected chi connectivity index (χ3v) is 3.24. The molecule has 0 aromatic heterocycles. The van der Waals surface area contributed by atoms with E-state index in [9.17, 15) is 8.42 Å².